The highest BCUT2D eigenvalue weighted by Crippen LogP contribution is 2.31. The number of imidazole rings is 1. The number of aromatic nitrogens is 4. The van der Waals surface area contributed by atoms with Crippen molar-refractivity contribution < 1.29 is 14.3 Å². The lowest BCUT2D eigenvalue weighted by Crippen LogP contribution is -2.54. The highest BCUT2D eigenvalue weighted by Gasteiger charge is 2.33. The van der Waals surface area contributed by atoms with Crippen LogP contribution in [0.1, 0.15) is 0 Å². The van der Waals surface area contributed by atoms with E-state index in [-0.39, 0.29) is 17.8 Å². The number of rotatable bonds is 2. The van der Waals surface area contributed by atoms with E-state index in [0.29, 0.717) is 49.1 Å². The van der Waals surface area contributed by atoms with E-state index in [1.54, 1.807) is 17.3 Å². The van der Waals surface area contributed by atoms with Gasteiger partial charge in [-0.3, -0.25) is 4.79 Å². The van der Waals surface area contributed by atoms with Crippen LogP contribution in [0.15, 0.2) is 30.6 Å². The van der Waals surface area contributed by atoms with Crippen LogP contribution in [-0.4, -0.2) is 69.6 Å². The van der Waals surface area contributed by atoms with Gasteiger partial charge in [-0.15, -0.1) is 0 Å². The van der Waals surface area contributed by atoms with Gasteiger partial charge in [0.05, 0.1) is 6.33 Å². The van der Waals surface area contributed by atoms with Gasteiger partial charge < -0.3 is 24.3 Å². The third-order valence-corrected chi connectivity index (χ3v) is 5.08. The number of hydrogen-bond acceptors (Lipinski definition) is 7. The van der Waals surface area contributed by atoms with Gasteiger partial charge in [-0.2, -0.15) is 9.97 Å². The monoisotopic (exact) mass is 400 g/mol. The fourth-order valence-corrected chi connectivity index (χ4v) is 3.66. The highest BCUT2D eigenvalue weighted by molar-refractivity contribution is 6.28. The Balaban J connectivity index is 1.27. The molecule has 1 saturated heterocycles. The average molecular weight is 401 g/mol. The number of aromatic amines is 1. The molecule has 0 saturated carbocycles. The average Bonchev–Trinajstić information content (AvgIpc) is 3.21. The number of fused-ring (bicyclic) bond motifs is 2. The second-order valence-corrected chi connectivity index (χ2v) is 6.93. The van der Waals surface area contributed by atoms with Crippen LogP contribution in [0, 0.1) is 0 Å². The molecule has 1 aromatic carbocycles. The quantitative estimate of drug-likeness (QED) is 0.651. The number of para-hydroxylation sites is 2. The lowest BCUT2D eigenvalue weighted by Gasteiger charge is -2.37. The van der Waals surface area contributed by atoms with E-state index in [2.05, 4.69) is 24.8 Å². The molecular weight excluding hydrogens is 384 g/mol. The lowest BCUT2D eigenvalue weighted by molar-refractivity contribution is -0.141. The molecule has 28 heavy (non-hydrogen) atoms. The van der Waals surface area contributed by atoms with Crippen molar-refractivity contribution in [2.45, 2.75) is 6.10 Å². The van der Waals surface area contributed by atoms with Crippen LogP contribution in [0.4, 0.5) is 5.82 Å². The fraction of sp³-hybridized carbons (Fsp3) is 0.333. The zero-order valence-corrected chi connectivity index (χ0v) is 15.6. The Hall–Kier alpha value is -3.07. The van der Waals surface area contributed by atoms with Gasteiger partial charge in [-0.05, 0) is 23.7 Å². The van der Waals surface area contributed by atoms with Gasteiger partial charge in [-0.25, -0.2) is 4.98 Å². The van der Waals surface area contributed by atoms with Crippen molar-refractivity contribution in [3.05, 3.63) is 35.9 Å². The van der Waals surface area contributed by atoms with E-state index in [4.69, 9.17) is 21.1 Å². The number of piperazine rings is 1. The molecule has 1 fully saturated rings. The van der Waals surface area contributed by atoms with Crippen LogP contribution >= 0.6 is 11.6 Å². The Bertz CT molecular complexity index is 1030. The summed E-state index contributed by atoms with van der Waals surface area (Å²) in [6.45, 7) is 2.57. The second-order valence-electron chi connectivity index (χ2n) is 6.59. The summed E-state index contributed by atoms with van der Waals surface area (Å²) < 4.78 is 11.5. The van der Waals surface area contributed by atoms with Gasteiger partial charge in [0.1, 0.15) is 12.1 Å². The number of carbonyl (C=O) groups excluding carboxylic acids is 1. The second kappa shape index (κ2) is 6.83. The Morgan fingerprint density at radius 2 is 1.93 bits per heavy atom. The Morgan fingerprint density at radius 3 is 2.75 bits per heavy atom. The van der Waals surface area contributed by atoms with E-state index in [1.807, 2.05) is 18.2 Å². The Labute approximate surface area is 165 Å². The lowest BCUT2D eigenvalue weighted by atomic mass is 10.2. The number of H-pyrrole nitrogens is 1. The molecule has 144 valence electrons. The normalized spacial score (nSPS) is 19.1. The smallest absolute Gasteiger partial charge is 0.267 e. The van der Waals surface area contributed by atoms with Crippen LogP contribution in [0.3, 0.4) is 0 Å². The van der Waals surface area contributed by atoms with E-state index < -0.39 is 6.10 Å². The minimum absolute atomic E-state index is 0.0680. The predicted octanol–water partition coefficient (Wildman–Crippen LogP) is 1.49. The van der Waals surface area contributed by atoms with Gasteiger partial charge in [0.25, 0.3) is 5.91 Å². The number of nitrogens with zero attached hydrogens (tertiary/aromatic N) is 5. The summed E-state index contributed by atoms with van der Waals surface area (Å²) in [5.41, 5.74) is 1.27. The minimum Gasteiger partial charge on any atom is -0.485 e. The number of amides is 1. The summed E-state index contributed by atoms with van der Waals surface area (Å²) in [7, 11) is 0. The third-order valence-electron chi connectivity index (χ3n) is 4.91. The SMILES string of the molecule is O=C([C@H]1COc2ccccc2O1)N1CCN(c2nc(Cl)nc3nc[nH]c23)CC1. The molecule has 0 spiro atoms. The zero-order valence-electron chi connectivity index (χ0n) is 14.8. The molecule has 5 rings (SSSR count). The number of nitrogens with one attached hydrogen (secondary N) is 1. The molecule has 2 aliphatic rings. The van der Waals surface area contributed by atoms with Crippen LogP contribution in [0.5, 0.6) is 11.5 Å². The van der Waals surface area contributed by atoms with Gasteiger partial charge >= 0.3 is 0 Å². The van der Waals surface area contributed by atoms with Gasteiger partial charge in [-0.1, -0.05) is 12.1 Å². The first-order chi connectivity index (χ1) is 13.7. The van der Waals surface area contributed by atoms with Crippen LogP contribution in [0.2, 0.25) is 5.28 Å². The maximum absolute atomic E-state index is 12.9. The maximum Gasteiger partial charge on any atom is 0.267 e. The molecule has 2 aliphatic heterocycles. The van der Waals surface area contributed by atoms with Crippen molar-refractivity contribution in [2.24, 2.45) is 0 Å². The molecular formula is C18H17ClN6O3. The van der Waals surface area contributed by atoms with E-state index >= 15 is 0 Å². The Morgan fingerprint density at radius 1 is 1.14 bits per heavy atom. The molecule has 1 amide bonds. The molecule has 0 radical (unpaired) electrons. The van der Waals surface area contributed by atoms with Crippen molar-refractivity contribution in [3.8, 4) is 11.5 Å². The van der Waals surface area contributed by atoms with Gasteiger partial charge in [0.15, 0.2) is 23.0 Å². The summed E-state index contributed by atoms with van der Waals surface area (Å²) in [6.07, 6.45) is 0.936. The van der Waals surface area contributed by atoms with Crippen LogP contribution in [0.25, 0.3) is 11.2 Å². The van der Waals surface area contributed by atoms with E-state index in [1.165, 1.54) is 0 Å². The molecule has 3 aromatic rings. The summed E-state index contributed by atoms with van der Waals surface area (Å²) >= 11 is 6.02. The van der Waals surface area contributed by atoms with Crippen molar-refractivity contribution in [1.29, 1.82) is 0 Å². The summed E-state index contributed by atoms with van der Waals surface area (Å²) in [5, 5.41) is 0.152. The van der Waals surface area contributed by atoms with Crippen molar-refractivity contribution in [2.75, 3.05) is 37.7 Å². The largest absolute Gasteiger partial charge is 0.485 e. The topological polar surface area (TPSA) is 96.5 Å². The first kappa shape index (κ1) is 17.1. The van der Waals surface area contributed by atoms with Crippen molar-refractivity contribution >= 4 is 34.5 Å². The molecule has 4 heterocycles. The van der Waals surface area contributed by atoms with E-state index in [0.717, 1.165) is 5.52 Å². The van der Waals surface area contributed by atoms with Crippen molar-refractivity contribution in [1.82, 2.24) is 24.8 Å². The van der Waals surface area contributed by atoms with Crippen LogP contribution in [-0.2, 0) is 4.79 Å². The number of carbonyl (C=O) groups is 1. The van der Waals surface area contributed by atoms with Crippen molar-refractivity contribution in [3.63, 3.8) is 0 Å². The third kappa shape index (κ3) is 2.97. The summed E-state index contributed by atoms with van der Waals surface area (Å²) in [5.74, 6) is 1.90. The maximum atomic E-state index is 12.9. The number of benzene rings is 1. The number of ether oxygens (including phenoxy) is 2. The predicted molar refractivity (Wildman–Crippen MR) is 102 cm³/mol. The molecule has 0 aliphatic carbocycles. The summed E-state index contributed by atoms with van der Waals surface area (Å²) in [6, 6.07) is 7.37. The first-order valence-electron chi connectivity index (χ1n) is 8.98. The van der Waals surface area contributed by atoms with Crippen LogP contribution < -0.4 is 14.4 Å². The standard InChI is InChI=1S/C18H17ClN6O3/c19-18-22-15-14(20-10-21-15)16(23-18)24-5-7-25(8-6-24)17(26)13-9-27-11-3-1-2-4-12(11)28-13/h1-4,10,13H,5-9H2,(H,20,21,22,23)/t13-/m1/s1. The molecule has 9 nitrogen and oxygen atoms in total. The zero-order chi connectivity index (χ0) is 19.1. The molecule has 0 bridgehead atoms. The molecule has 1 atom stereocenters. The molecule has 1 N–H and O–H groups in total. The number of hydrogen-bond donors (Lipinski definition) is 1. The summed E-state index contributed by atoms with van der Waals surface area (Å²) in [4.78, 5) is 32.4. The first-order valence-corrected chi connectivity index (χ1v) is 9.36. The number of halogens is 1. The minimum atomic E-state index is -0.630. The fourth-order valence-electron chi connectivity index (χ4n) is 3.50. The highest BCUT2D eigenvalue weighted by atomic mass is 35.5. The van der Waals surface area contributed by atoms with Gasteiger partial charge in [0, 0.05) is 26.2 Å². The molecule has 2 aromatic heterocycles. The molecule has 10 heteroatoms. The van der Waals surface area contributed by atoms with Gasteiger partial charge in [0.2, 0.25) is 11.4 Å². The molecule has 0 unspecified atom stereocenters. The van der Waals surface area contributed by atoms with E-state index in [9.17, 15) is 4.79 Å². The number of anilines is 1. The Kier molecular flexibility index (Phi) is 4.16.